The fourth-order valence-corrected chi connectivity index (χ4v) is 2.65. The molecular weight excluding hydrogens is 312 g/mol. The predicted molar refractivity (Wildman–Crippen MR) is 93.3 cm³/mol. The van der Waals surface area contributed by atoms with E-state index in [1.165, 1.54) is 0 Å². The molecule has 2 N–H and O–H groups in total. The van der Waals surface area contributed by atoms with Gasteiger partial charge in [0.15, 0.2) is 0 Å². The van der Waals surface area contributed by atoms with E-state index < -0.39 is 0 Å². The number of nitrogens with zero attached hydrogens (tertiary/aromatic N) is 2. The number of anilines is 2. The molecule has 1 fully saturated rings. The van der Waals surface area contributed by atoms with Gasteiger partial charge >= 0.3 is 0 Å². The van der Waals surface area contributed by atoms with Crippen LogP contribution >= 0.6 is 11.6 Å². The Morgan fingerprint density at radius 2 is 1.96 bits per heavy atom. The maximum absolute atomic E-state index is 12.2. The third kappa shape index (κ3) is 4.21. The Labute approximate surface area is 140 Å². The van der Waals surface area contributed by atoms with Crippen LogP contribution in [0.4, 0.5) is 11.5 Å². The predicted octanol–water partition coefficient (Wildman–Crippen LogP) is 2.79. The van der Waals surface area contributed by atoms with Crippen LogP contribution in [0.25, 0.3) is 0 Å². The van der Waals surface area contributed by atoms with Crippen LogP contribution in [0, 0.1) is 0 Å². The van der Waals surface area contributed by atoms with Gasteiger partial charge in [0.25, 0.3) is 5.91 Å². The number of benzene rings is 1. The number of nitrogens with one attached hydrogen (secondary N) is 2. The summed E-state index contributed by atoms with van der Waals surface area (Å²) < 4.78 is 0. The van der Waals surface area contributed by atoms with Crippen molar-refractivity contribution in [2.75, 3.05) is 36.4 Å². The van der Waals surface area contributed by atoms with Gasteiger partial charge < -0.3 is 15.5 Å². The smallest absolute Gasteiger partial charge is 0.255 e. The first-order chi connectivity index (χ1) is 11.2. The number of amides is 1. The molecule has 0 radical (unpaired) electrons. The third-order valence-electron chi connectivity index (χ3n) is 3.78. The van der Waals surface area contributed by atoms with Crippen LogP contribution < -0.4 is 15.5 Å². The molecule has 0 saturated carbocycles. The highest BCUT2D eigenvalue weighted by molar-refractivity contribution is 6.30. The zero-order valence-electron chi connectivity index (χ0n) is 12.8. The van der Waals surface area contributed by atoms with Gasteiger partial charge in [0.2, 0.25) is 0 Å². The van der Waals surface area contributed by atoms with Gasteiger partial charge in [-0.3, -0.25) is 4.79 Å². The molecule has 0 spiro atoms. The van der Waals surface area contributed by atoms with Crippen LogP contribution in [0.2, 0.25) is 5.02 Å². The monoisotopic (exact) mass is 330 g/mol. The SMILES string of the molecule is O=C(Nc1ccc(N2CCCNCC2)nc1)c1ccc(Cl)cc1. The number of pyridine rings is 1. The maximum Gasteiger partial charge on any atom is 0.255 e. The summed E-state index contributed by atoms with van der Waals surface area (Å²) in [6, 6.07) is 10.6. The van der Waals surface area contributed by atoms with Crippen LogP contribution in [0.5, 0.6) is 0 Å². The Morgan fingerprint density at radius 1 is 1.13 bits per heavy atom. The molecule has 0 aliphatic carbocycles. The van der Waals surface area contributed by atoms with E-state index in [2.05, 4.69) is 20.5 Å². The summed E-state index contributed by atoms with van der Waals surface area (Å²) in [6.07, 6.45) is 2.80. The lowest BCUT2D eigenvalue weighted by atomic mass is 10.2. The van der Waals surface area contributed by atoms with Gasteiger partial charge in [-0.15, -0.1) is 0 Å². The van der Waals surface area contributed by atoms with Gasteiger partial charge in [0.1, 0.15) is 5.82 Å². The molecule has 23 heavy (non-hydrogen) atoms. The number of rotatable bonds is 3. The molecule has 1 aromatic heterocycles. The Kier molecular flexibility index (Phi) is 5.10. The maximum atomic E-state index is 12.2. The number of carbonyl (C=O) groups is 1. The quantitative estimate of drug-likeness (QED) is 0.908. The Hall–Kier alpha value is -2.11. The van der Waals surface area contributed by atoms with Crippen molar-refractivity contribution in [2.24, 2.45) is 0 Å². The molecule has 1 aliphatic rings. The Bertz CT molecular complexity index is 649. The first-order valence-electron chi connectivity index (χ1n) is 7.71. The van der Waals surface area contributed by atoms with E-state index >= 15 is 0 Å². The van der Waals surface area contributed by atoms with Gasteiger partial charge in [-0.25, -0.2) is 4.98 Å². The van der Waals surface area contributed by atoms with Crippen molar-refractivity contribution in [3.05, 3.63) is 53.2 Å². The molecule has 1 aliphatic heterocycles. The average molecular weight is 331 g/mol. The van der Waals surface area contributed by atoms with Crippen molar-refractivity contribution in [3.8, 4) is 0 Å². The zero-order chi connectivity index (χ0) is 16.1. The van der Waals surface area contributed by atoms with Crippen LogP contribution in [0.1, 0.15) is 16.8 Å². The summed E-state index contributed by atoms with van der Waals surface area (Å²) in [5, 5.41) is 6.83. The Morgan fingerprint density at radius 3 is 2.70 bits per heavy atom. The lowest BCUT2D eigenvalue weighted by Gasteiger charge is -2.21. The summed E-state index contributed by atoms with van der Waals surface area (Å²) in [5.74, 6) is 0.772. The second-order valence-electron chi connectivity index (χ2n) is 5.46. The lowest BCUT2D eigenvalue weighted by molar-refractivity contribution is 0.102. The van der Waals surface area contributed by atoms with Crippen LogP contribution in [-0.2, 0) is 0 Å². The molecule has 5 nitrogen and oxygen atoms in total. The summed E-state index contributed by atoms with van der Waals surface area (Å²) in [5.41, 5.74) is 1.25. The standard InChI is InChI=1S/C17H19ClN4O/c18-14-4-2-13(3-5-14)17(23)21-15-6-7-16(20-12-15)22-10-1-8-19-9-11-22/h2-7,12,19H,1,8-11H2,(H,21,23). The Balaban J connectivity index is 1.64. The molecule has 2 heterocycles. The van der Waals surface area contributed by atoms with Crippen LogP contribution in [-0.4, -0.2) is 37.1 Å². The third-order valence-corrected chi connectivity index (χ3v) is 4.03. The highest BCUT2D eigenvalue weighted by Crippen LogP contribution is 2.16. The molecule has 1 saturated heterocycles. The second-order valence-corrected chi connectivity index (χ2v) is 5.89. The van der Waals surface area contributed by atoms with Crippen molar-refractivity contribution in [1.82, 2.24) is 10.3 Å². The van der Waals surface area contributed by atoms with Gasteiger partial charge in [0.05, 0.1) is 11.9 Å². The fraction of sp³-hybridized carbons (Fsp3) is 0.294. The topological polar surface area (TPSA) is 57.3 Å². The average Bonchev–Trinajstić information content (AvgIpc) is 2.85. The second kappa shape index (κ2) is 7.44. The number of carbonyl (C=O) groups excluding carboxylic acids is 1. The summed E-state index contributed by atoms with van der Waals surface area (Å²) in [6.45, 7) is 3.96. The normalized spacial score (nSPS) is 15.1. The highest BCUT2D eigenvalue weighted by Gasteiger charge is 2.11. The summed E-state index contributed by atoms with van der Waals surface area (Å²) in [4.78, 5) is 18.9. The van der Waals surface area contributed by atoms with Crippen molar-refractivity contribution < 1.29 is 4.79 Å². The minimum absolute atomic E-state index is 0.171. The number of hydrogen-bond acceptors (Lipinski definition) is 4. The molecule has 1 aromatic carbocycles. The molecule has 2 aromatic rings. The lowest BCUT2D eigenvalue weighted by Crippen LogP contribution is -2.28. The molecule has 3 rings (SSSR count). The zero-order valence-corrected chi connectivity index (χ0v) is 13.5. The molecule has 6 heteroatoms. The van der Waals surface area contributed by atoms with Gasteiger partial charge in [-0.05, 0) is 49.4 Å². The summed E-state index contributed by atoms with van der Waals surface area (Å²) >= 11 is 5.83. The van der Waals surface area contributed by atoms with Gasteiger partial charge in [-0.1, -0.05) is 11.6 Å². The fourth-order valence-electron chi connectivity index (χ4n) is 2.53. The first-order valence-corrected chi connectivity index (χ1v) is 8.09. The van der Waals surface area contributed by atoms with Crippen molar-refractivity contribution in [1.29, 1.82) is 0 Å². The van der Waals surface area contributed by atoms with Gasteiger partial charge in [-0.2, -0.15) is 0 Å². The van der Waals surface area contributed by atoms with E-state index in [4.69, 9.17) is 11.6 Å². The van der Waals surface area contributed by atoms with E-state index in [0.29, 0.717) is 16.3 Å². The van der Waals surface area contributed by atoms with E-state index in [9.17, 15) is 4.79 Å². The number of aromatic nitrogens is 1. The summed E-state index contributed by atoms with van der Waals surface area (Å²) in [7, 11) is 0. The van der Waals surface area contributed by atoms with E-state index in [1.807, 2.05) is 12.1 Å². The first kappa shape index (κ1) is 15.8. The van der Waals surface area contributed by atoms with Crippen LogP contribution in [0.3, 0.4) is 0 Å². The van der Waals surface area contributed by atoms with E-state index in [-0.39, 0.29) is 5.91 Å². The molecule has 0 unspecified atom stereocenters. The van der Waals surface area contributed by atoms with E-state index in [0.717, 1.165) is 38.4 Å². The molecule has 1 amide bonds. The van der Waals surface area contributed by atoms with Crippen LogP contribution in [0.15, 0.2) is 42.6 Å². The minimum Gasteiger partial charge on any atom is -0.355 e. The number of hydrogen-bond donors (Lipinski definition) is 2. The minimum atomic E-state index is -0.171. The number of halogens is 1. The van der Waals surface area contributed by atoms with Crippen molar-refractivity contribution >= 4 is 29.0 Å². The molecule has 120 valence electrons. The van der Waals surface area contributed by atoms with Gasteiger partial charge in [0, 0.05) is 30.2 Å². The molecule has 0 atom stereocenters. The molecule has 0 bridgehead atoms. The highest BCUT2D eigenvalue weighted by atomic mass is 35.5. The molecular formula is C17H19ClN4O. The van der Waals surface area contributed by atoms with Crippen molar-refractivity contribution in [3.63, 3.8) is 0 Å². The van der Waals surface area contributed by atoms with E-state index in [1.54, 1.807) is 30.5 Å². The van der Waals surface area contributed by atoms with Crippen molar-refractivity contribution in [2.45, 2.75) is 6.42 Å². The largest absolute Gasteiger partial charge is 0.355 e.